The van der Waals surface area contributed by atoms with E-state index in [0.717, 1.165) is 38.2 Å². The van der Waals surface area contributed by atoms with Crippen LogP contribution in [0.25, 0.3) is 0 Å². The number of aryl methyl sites for hydroxylation is 2. The van der Waals surface area contributed by atoms with Crippen molar-refractivity contribution in [2.75, 3.05) is 32.1 Å². The molecule has 2 heterocycles. The van der Waals surface area contributed by atoms with Crippen LogP contribution in [0.15, 0.2) is 0 Å². The number of aromatic nitrogens is 2. The van der Waals surface area contributed by atoms with Crippen LogP contribution in [0, 0.1) is 6.92 Å². The van der Waals surface area contributed by atoms with E-state index in [1.54, 1.807) is 0 Å². The van der Waals surface area contributed by atoms with E-state index in [1.807, 2.05) is 25.9 Å². The van der Waals surface area contributed by atoms with Crippen molar-refractivity contribution in [2.45, 2.75) is 38.8 Å². The highest BCUT2D eigenvalue weighted by Gasteiger charge is 2.33. The fourth-order valence-electron chi connectivity index (χ4n) is 3.02. The molecule has 0 amide bonds. The van der Waals surface area contributed by atoms with Gasteiger partial charge in [0.25, 0.3) is 0 Å². The van der Waals surface area contributed by atoms with Gasteiger partial charge in [0.15, 0.2) is 0 Å². The quantitative estimate of drug-likeness (QED) is 0.896. The van der Waals surface area contributed by atoms with Gasteiger partial charge in [-0.05, 0) is 33.7 Å². The van der Waals surface area contributed by atoms with Crippen molar-refractivity contribution in [1.82, 2.24) is 15.1 Å². The zero-order valence-electron chi connectivity index (χ0n) is 12.8. The minimum absolute atomic E-state index is 0.0483. The molecule has 1 aliphatic rings. The molecule has 1 fully saturated rings. The molecule has 1 aromatic rings. The summed E-state index contributed by atoms with van der Waals surface area (Å²) in [6, 6.07) is 0. The van der Waals surface area contributed by atoms with Crippen LogP contribution in [0.4, 0.5) is 5.82 Å². The van der Waals surface area contributed by atoms with Crippen LogP contribution in [0.5, 0.6) is 0 Å². The lowest BCUT2D eigenvalue weighted by molar-refractivity contribution is -0.00497. The lowest BCUT2D eigenvalue weighted by Gasteiger charge is -2.40. The maximum absolute atomic E-state index is 5.69. The second-order valence-corrected chi connectivity index (χ2v) is 5.72. The molecular formula is C14H26N4O. The van der Waals surface area contributed by atoms with Gasteiger partial charge >= 0.3 is 0 Å². The first-order valence-corrected chi connectivity index (χ1v) is 6.98. The topological polar surface area (TPSA) is 42.3 Å². The third kappa shape index (κ3) is 2.77. The van der Waals surface area contributed by atoms with E-state index in [-0.39, 0.29) is 5.60 Å². The van der Waals surface area contributed by atoms with Crippen molar-refractivity contribution in [1.29, 1.82) is 0 Å². The maximum Gasteiger partial charge on any atom is 0.131 e. The molecule has 1 aromatic heterocycles. The summed E-state index contributed by atoms with van der Waals surface area (Å²) in [6.07, 6.45) is 2.28. The van der Waals surface area contributed by atoms with Crippen LogP contribution in [-0.2, 0) is 18.3 Å². The molecule has 1 atom stereocenters. The first-order chi connectivity index (χ1) is 9.00. The molecule has 1 N–H and O–H groups in total. The van der Waals surface area contributed by atoms with E-state index in [2.05, 4.69) is 29.2 Å². The SMILES string of the molecule is CNCc1c(C)nn(C)c1N1CCCC(C)(OC)C1. The molecule has 0 aliphatic carbocycles. The summed E-state index contributed by atoms with van der Waals surface area (Å²) in [6.45, 7) is 7.14. The van der Waals surface area contributed by atoms with Gasteiger partial charge in [-0.3, -0.25) is 4.68 Å². The van der Waals surface area contributed by atoms with Crippen molar-refractivity contribution < 1.29 is 4.74 Å². The van der Waals surface area contributed by atoms with Crippen molar-refractivity contribution in [3.8, 4) is 0 Å². The van der Waals surface area contributed by atoms with Crippen molar-refractivity contribution in [3.63, 3.8) is 0 Å². The molecule has 0 radical (unpaired) electrons. The third-order valence-corrected chi connectivity index (χ3v) is 4.12. The van der Waals surface area contributed by atoms with Crippen LogP contribution in [-0.4, -0.2) is 42.6 Å². The zero-order chi connectivity index (χ0) is 14.0. The van der Waals surface area contributed by atoms with Crippen LogP contribution in [0.3, 0.4) is 0 Å². The minimum Gasteiger partial charge on any atom is -0.377 e. The predicted octanol–water partition coefficient (Wildman–Crippen LogP) is 1.45. The van der Waals surface area contributed by atoms with Gasteiger partial charge in [0, 0.05) is 39.4 Å². The Balaban J connectivity index is 2.30. The van der Waals surface area contributed by atoms with Gasteiger partial charge in [-0.2, -0.15) is 5.10 Å². The standard InChI is InChI=1S/C14H26N4O/c1-11-12(9-15-3)13(17(4)16-11)18-8-6-7-14(2,10-18)19-5/h15H,6-10H2,1-5H3. The number of nitrogens with zero attached hydrogens (tertiary/aromatic N) is 3. The molecule has 1 saturated heterocycles. The van der Waals surface area contributed by atoms with E-state index < -0.39 is 0 Å². The number of ether oxygens (including phenoxy) is 1. The Morgan fingerprint density at radius 3 is 2.84 bits per heavy atom. The van der Waals surface area contributed by atoms with E-state index in [1.165, 1.54) is 11.4 Å². The zero-order valence-corrected chi connectivity index (χ0v) is 12.8. The highest BCUT2D eigenvalue weighted by atomic mass is 16.5. The average molecular weight is 266 g/mol. The Bertz CT molecular complexity index is 443. The Morgan fingerprint density at radius 1 is 1.47 bits per heavy atom. The minimum atomic E-state index is -0.0483. The molecule has 2 rings (SSSR count). The Kier molecular flexibility index (Phi) is 4.16. The fourth-order valence-corrected chi connectivity index (χ4v) is 3.02. The van der Waals surface area contributed by atoms with Gasteiger partial charge in [-0.25, -0.2) is 0 Å². The third-order valence-electron chi connectivity index (χ3n) is 4.12. The smallest absolute Gasteiger partial charge is 0.131 e. The second kappa shape index (κ2) is 5.51. The summed E-state index contributed by atoms with van der Waals surface area (Å²) < 4.78 is 7.69. The molecule has 5 heteroatoms. The molecule has 108 valence electrons. The number of nitrogens with one attached hydrogen (secondary N) is 1. The maximum atomic E-state index is 5.69. The Labute approximate surface area is 115 Å². The number of hydrogen-bond acceptors (Lipinski definition) is 4. The summed E-state index contributed by atoms with van der Waals surface area (Å²) >= 11 is 0. The van der Waals surface area contributed by atoms with Crippen LogP contribution in [0.2, 0.25) is 0 Å². The van der Waals surface area contributed by atoms with Crippen LogP contribution >= 0.6 is 0 Å². The van der Waals surface area contributed by atoms with Gasteiger partial charge in [0.05, 0.1) is 11.3 Å². The Hall–Kier alpha value is -1.07. The van der Waals surface area contributed by atoms with Gasteiger partial charge < -0.3 is 15.0 Å². The second-order valence-electron chi connectivity index (χ2n) is 5.72. The largest absolute Gasteiger partial charge is 0.377 e. The van der Waals surface area contributed by atoms with Crippen molar-refractivity contribution in [3.05, 3.63) is 11.3 Å². The van der Waals surface area contributed by atoms with E-state index in [9.17, 15) is 0 Å². The van der Waals surface area contributed by atoms with Crippen molar-refractivity contribution >= 4 is 5.82 Å². The summed E-state index contributed by atoms with van der Waals surface area (Å²) in [5, 5.41) is 7.81. The molecule has 1 unspecified atom stereocenters. The summed E-state index contributed by atoms with van der Waals surface area (Å²) in [4.78, 5) is 2.42. The number of anilines is 1. The molecule has 0 aromatic carbocycles. The van der Waals surface area contributed by atoms with Crippen LogP contribution in [0.1, 0.15) is 31.0 Å². The summed E-state index contributed by atoms with van der Waals surface area (Å²) in [7, 11) is 5.82. The van der Waals surface area contributed by atoms with Gasteiger partial charge in [-0.1, -0.05) is 0 Å². The summed E-state index contributed by atoms with van der Waals surface area (Å²) in [5.74, 6) is 1.23. The number of methoxy groups -OCH3 is 1. The monoisotopic (exact) mass is 266 g/mol. The molecule has 5 nitrogen and oxygen atoms in total. The van der Waals surface area contributed by atoms with Crippen LogP contribution < -0.4 is 10.2 Å². The Morgan fingerprint density at radius 2 is 2.21 bits per heavy atom. The molecule has 0 saturated carbocycles. The van der Waals surface area contributed by atoms with Gasteiger partial charge in [0.2, 0.25) is 0 Å². The highest BCUT2D eigenvalue weighted by molar-refractivity contribution is 5.51. The average Bonchev–Trinajstić information content (AvgIpc) is 2.65. The predicted molar refractivity (Wildman–Crippen MR) is 77.6 cm³/mol. The molecule has 19 heavy (non-hydrogen) atoms. The van der Waals surface area contributed by atoms with Crippen molar-refractivity contribution in [2.24, 2.45) is 7.05 Å². The molecule has 0 spiro atoms. The number of hydrogen-bond donors (Lipinski definition) is 1. The highest BCUT2D eigenvalue weighted by Crippen LogP contribution is 2.31. The molecular weight excluding hydrogens is 240 g/mol. The lowest BCUT2D eigenvalue weighted by atomic mass is 9.94. The summed E-state index contributed by atoms with van der Waals surface area (Å²) in [5.41, 5.74) is 2.36. The van der Waals surface area contributed by atoms with E-state index in [4.69, 9.17) is 4.74 Å². The van der Waals surface area contributed by atoms with Gasteiger partial charge in [0.1, 0.15) is 5.82 Å². The van der Waals surface area contributed by atoms with E-state index >= 15 is 0 Å². The van der Waals surface area contributed by atoms with E-state index in [0.29, 0.717) is 0 Å². The molecule has 0 bridgehead atoms. The number of rotatable bonds is 4. The molecule has 1 aliphatic heterocycles. The first kappa shape index (κ1) is 14.3. The van der Waals surface area contributed by atoms with Gasteiger partial charge in [-0.15, -0.1) is 0 Å². The number of piperidine rings is 1. The normalized spacial score (nSPS) is 23.9. The lowest BCUT2D eigenvalue weighted by Crippen LogP contribution is -2.48. The fraction of sp³-hybridized carbons (Fsp3) is 0.786. The first-order valence-electron chi connectivity index (χ1n) is 6.98.